The van der Waals surface area contributed by atoms with E-state index in [4.69, 9.17) is 27.9 Å². The van der Waals surface area contributed by atoms with Crippen LogP contribution < -0.4 is 0 Å². The predicted octanol–water partition coefficient (Wildman–Crippen LogP) is 5.68. The lowest BCUT2D eigenvalue weighted by molar-refractivity contribution is 0.00913. The van der Waals surface area contributed by atoms with Crippen LogP contribution in [-0.4, -0.2) is 6.61 Å². The molecule has 3 rings (SSSR count). The van der Waals surface area contributed by atoms with Crippen molar-refractivity contribution in [2.75, 3.05) is 6.61 Å². The van der Waals surface area contributed by atoms with Crippen LogP contribution in [-0.2, 0) is 10.3 Å². The number of hydrogen-bond donors (Lipinski definition) is 0. The summed E-state index contributed by atoms with van der Waals surface area (Å²) in [6, 6.07) is 16.0. The molecule has 1 aliphatic heterocycles. The smallest absolute Gasteiger partial charge is 0.121 e. The van der Waals surface area contributed by atoms with Crippen molar-refractivity contribution in [3.63, 3.8) is 0 Å². The van der Waals surface area contributed by atoms with E-state index in [1.54, 1.807) is 0 Å². The van der Waals surface area contributed by atoms with E-state index < -0.39 is 0 Å². The molecule has 1 unspecified atom stereocenters. The molecule has 1 fully saturated rings. The van der Waals surface area contributed by atoms with Crippen molar-refractivity contribution in [1.29, 1.82) is 0 Å². The van der Waals surface area contributed by atoms with Crippen molar-refractivity contribution in [1.82, 2.24) is 0 Å². The molecule has 0 amide bonds. The molecule has 0 radical (unpaired) electrons. The highest BCUT2D eigenvalue weighted by molar-refractivity contribution is 6.30. The third-order valence-electron chi connectivity index (χ3n) is 4.41. The Morgan fingerprint density at radius 3 is 1.86 bits per heavy atom. The van der Waals surface area contributed by atoms with E-state index in [0.29, 0.717) is 5.92 Å². The maximum Gasteiger partial charge on any atom is 0.121 e. The number of rotatable bonds is 3. The van der Waals surface area contributed by atoms with Crippen molar-refractivity contribution in [3.05, 3.63) is 69.7 Å². The van der Waals surface area contributed by atoms with Crippen molar-refractivity contribution in [3.8, 4) is 0 Å². The highest BCUT2D eigenvalue weighted by Gasteiger charge is 2.46. The van der Waals surface area contributed by atoms with Gasteiger partial charge in [0.25, 0.3) is 0 Å². The lowest BCUT2D eigenvalue weighted by Gasteiger charge is -2.35. The van der Waals surface area contributed by atoms with E-state index in [1.807, 2.05) is 24.3 Å². The van der Waals surface area contributed by atoms with Crippen LogP contribution in [0.4, 0.5) is 0 Å². The first-order chi connectivity index (χ1) is 10.2. The summed E-state index contributed by atoms with van der Waals surface area (Å²) in [5, 5.41) is 1.49. The summed E-state index contributed by atoms with van der Waals surface area (Å²) in [6.45, 7) is 3.00. The monoisotopic (exact) mass is 320 g/mol. The van der Waals surface area contributed by atoms with Gasteiger partial charge in [-0.1, -0.05) is 54.4 Å². The van der Waals surface area contributed by atoms with Crippen molar-refractivity contribution in [2.24, 2.45) is 5.92 Å². The maximum atomic E-state index is 6.31. The van der Waals surface area contributed by atoms with Gasteiger partial charge < -0.3 is 4.74 Å². The van der Waals surface area contributed by atoms with Gasteiger partial charge >= 0.3 is 0 Å². The number of ether oxygens (including phenoxy) is 1. The molecule has 0 spiro atoms. The molecule has 1 nitrogen and oxygen atoms in total. The molecule has 0 bridgehead atoms. The minimum Gasteiger partial charge on any atom is -0.365 e. The summed E-state index contributed by atoms with van der Waals surface area (Å²) >= 11 is 12.1. The van der Waals surface area contributed by atoms with Crippen LogP contribution in [0.2, 0.25) is 10.0 Å². The summed E-state index contributed by atoms with van der Waals surface area (Å²) in [5.41, 5.74) is 1.95. The van der Waals surface area contributed by atoms with Crippen LogP contribution in [0.15, 0.2) is 48.5 Å². The highest BCUT2D eigenvalue weighted by Crippen LogP contribution is 2.48. The van der Waals surface area contributed by atoms with E-state index in [0.717, 1.165) is 29.5 Å². The molecule has 1 atom stereocenters. The third-order valence-corrected chi connectivity index (χ3v) is 4.91. The quantitative estimate of drug-likeness (QED) is 0.706. The fourth-order valence-electron chi connectivity index (χ4n) is 3.37. The largest absolute Gasteiger partial charge is 0.365 e. The summed E-state index contributed by atoms with van der Waals surface area (Å²) in [6.07, 6.45) is 2.15. The lowest BCUT2D eigenvalue weighted by Crippen LogP contribution is -2.33. The molecular weight excluding hydrogens is 303 g/mol. The average molecular weight is 321 g/mol. The SMILES string of the molecule is CCC1CCOC1(c1ccc(Cl)cc1)c1ccc(Cl)cc1. The molecular formula is C18H18Cl2O. The van der Waals surface area contributed by atoms with E-state index in [9.17, 15) is 0 Å². The molecule has 1 heterocycles. The van der Waals surface area contributed by atoms with Gasteiger partial charge in [-0.05, 0) is 54.2 Å². The van der Waals surface area contributed by atoms with E-state index >= 15 is 0 Å². The molecule has 2 aromatic rings. The predicted molar refractivity (Wildman–Crippen MR) is 88.0 cm³/mol. The fourth-order valence-corrected chi connectivity index (χ4v) is 3.63. The Labute approximate surface area is 135 Å². The molecule has 0 saturated carbocycles. The van der Waals surface area contributed by atoms with E-state index in [-0.39, 0.29) is 5.60 Å². The first-order valence-electron chi connectivity index (χ1n) is 7.33. The second-order valence-corrected chi connectivity index (χ2v) is 6.36. The van der Waals surface area contributed by atoms with Crippen LogP contribution in [0.25, 0.3) is 0 Å². The molecule has 1 aliphatic rings. The van der Waals surface area contributed by atoms with E-state index in [1.165, 1.54) is 11.1 Å². The Morgan fingerprint density at radius 1 is 0.952 bits per heavy atom. The van der Waals surface area contributed by atoms with Crippen molar-refractivity contribution < 1.29 is 4.74 Å². The highest BCUT2D eigenvalue weighted by atomic mass is 35.5. The molecule has 0 aliphatic carbocycles. The van der Waals surface area contributed by atoms with Crippen molar-refractivity contribution >= 4 is 23.2 Å². The first-order valence-corrected chi connectivity index (χ1v) is 8.08. The average Bonchev–Trinajstić information content (AvgIpc) is 2.93. The van der Waals surface area contributed by atoms with Gasteiger partial charge in [-0.15, -0.1) is 0 Å². The Kier molecular flexibility index (Phi) is 4.26. The zero-order valence-electron chi connectivity index (χ0n) is 12.0. The van der Waals surface area contributed by atoms with Gasteiger partial charge in [0.2, 0.25) is 0 Å². The molecule has 3 heteroatoms. The minimum absolute atomic E-state index is 0.385. The van der Waals surface area contributed by atoms with Gasteiger partial charge in [-0.2, -0.15) is 0 Å². The van der Waals surface area contributed by atoms with Crippen LogP contribution in [0.3, 0.4) is 0 Å². The third kappa shape index (κ3) is 2.59. The van der Waals surface area contributed by atoms with Gasteiger partial charge in [-0.3, -0.25) is 0 Å². The Balaban J connectivity index is 2.15. The Bertz CT molecular complexity index is 559. The fraction of sp³-hybridized carbons (Fsp3) is 0.333. The molecule has 1 saturated heterocycles. The zero-order chi connectivity index (χ0) is 14.9. The summed E-state index contributed by atoms with van der Waals surface area (Å²) in [7, 11) is 0. The number of benzene rings is 2. The second kappa shape index (κ2) is 6.00. The van der Waals surface area contributed by atoms with E-state index in [2.05, 4.69) is 31.2 Å². The van der Waals surface area contributed by atoms with Crippen molar-refractivity contribution in [2.45, 2.75) is 25.4 Å². The zero-order valence-corrected chi connectivity index (χ0v) is 13.5. The van der Waals surface area contributed by atoms with Gasteiger partial charge in [0, 0.05) is 16.7 Å². The molecule has 2 aromatic carbocycles. The van der Waals surface area contributed by atoms with Gasteiger partial charge in [-0.25, -0.2) is 0 Å². The van der Waals surface area contributed by atoms with Gasteiger partial charge in [0.05, 0.1) is 0 Å². The lowest BCUT2D eigenvalue weighted by atomic mass is 9.75. The summed E-state index contributed by atoms with van der Waals surface area (Å²) in [4.78, 5) is 0. The number of halogens is 2. The molecule has 0 N–H and O–H groups in total. The van der Waals surface area contributed by atoms with Crippen LogP contribution >= 0.6 is 23.2 Å². The summed E-state index contributed by atoms with van der Waals surface area (Å²) < 4.78 is 6.31. The van der Waals surface area contributed by atoms with Crippen LogP contribution in [0, 0.1) is 5.92 Å². The van der Waals surface area contributed by atoms with Crippen LogP contribution in [0.5, 0.6) is 0 Å². The number of hydrogen-bond acceptors (Lipinski definition) is 1. The minimum atomic E-state index is -0.385. The standard InChI is InChI=1S/C18H18Cl2O/c1-2-13-11-12-21-18(13,14-3-7-16(19)8-4-14)15-5-9-17(20)10-6-15/h3-10,13H,2,11-12H2,1H3. The molecule has 21 heavy (non-hydrogen) atoms. The topological polar surface area (TPSA) is 9.23 Å². The maximum absolute atomic E-state index is 6.31. The van der Waals surface area contributed by atoms with Gasteiger partial charge in [0.1, 0.15) is 5.60 Å². The Hall–Kier alpha value is -1.02. The summed E-state index contributed by atoms with van der Waals surface area (Å²) in [5.74, 6) is 0.458. The molecule has 110 valence electrons. The Morgan fingerprint density at radius 2 is 1.43 bits per heavy atom. The first kappa shape index (κ1) is 14.9. The van der Waals surface area contributed by atoms with Gasteiger partial charge in [0.15, 0.2) is 0 Å². The molecule has 0 aromatic heterocycles. The normalized spacial score (nSPS) is 20.6. The van der Waals surface area contributed by atoms with Crippen LogP contribution in [0.1, 0.15) is 30.9 Å². The second-order valence-electron chi connectivity index (χ2n) is 5.49.